The normalized spacial score (nSPS) is 10.7. The molecule has 0 radical (unpaired) electrons. The van der Waals surface area contributed by atoms with E-state index < -0.39 is 5.69 Å². The maximum atomic E-state index is 11.6. The number of benzene rings is 1. The lowest BCUT2D eigenvalue weighted by atomic mass is 10.1. The Morgan fingerprint density at radius 1 is 1.20 bits per heavy atom. The van der Waals surface area contributed by atoms with Crippen molar-refractivity contribution in [1.82, 2.24) is 15.0 Å². The number of aromatic nitrogens is 3. The Morgan fingerprint density at radius 2 is 2.05 bits per heavy atom. The van der Waals surface area contributed by atoms with Crippen LogP contribution in [0, 0.1) is 0 Å². The summed E-state index contributed by atoms with van der Waals surface area (Å²) < 4.78 is 0. The maximum Gasteiger partial charge on any atom is 0.348 e. The number of H-pyrrole nitrogens is 1. The minimum Gasteiger partial charge on any atom is -0.341 e. The lowest BCUT2D eigenvalue weighted by molar-refractivity contribution is 1.06. The first-order valence-corrected chi connectivity index (χ1v) is 6.18. The van der Waals surface area contributed by atoms with Gasteiger partial charge in [0, 0.05) is 18.4 Å². The molecule has 1 aromatic carbocycles. The summed E-state index contributed by atoms with van der Waals surface area (Å²) in [6.45, 7) is 0.411. The fourth-order valence-electron chi connectivity index (χ4n) is 2.03. The van der Waals surface area contributed by atoms with Crippen LogP contribution in [0.4, 0.5) is 11.5 Å². The Kier molecular flexibility index (Phi) is 3.14. The van der Waals surface area contributed by atoms with Gasteiger partial charge >= 0.3 is 5.69 Å². The van der Waals surface area contributed by atoms with Crippen molar-refractivity contribution >= 4 is 22.5 Å². The Bertz CT molecular complexity index is 812. The molecule has 0 saturated carbocycles. The number of fused-ring (bicyclic) bond motifs is 1. The number of aromatic amines is 1. The molecule has 3 aromatic rings. The molecule has 0 fully saturated rings. The topological polar surface area (TPSA) is 96.7 Å². The second-order valence-corrected chi connectivity index (χ2v) is 4.28. The van der Waals surface area contributed by atoms with Gasteiger partial charge in [-0.25, -0.2) is 9.78 Å². The summed E-state index contributed by atoms with van der Waals surface area (Å²) in [6, 6.07) is 11.3. The van der Waals surface area contributed by atoms with Gasteiger partial charge in [-0.2, -0.15) is 4.98 Å². The Hall–Kier alpha value is -2.73. The number of rotatable bonds is 3. The zero-order chi connectivity index (χ0) is 13.9. The highest BCUT2D eigenvalue weighted by Crippen LogP contribution is 2.23. The maximum absolute atomic E-state index is 11.6. The van der Waals surface area contributed by atoms with Crippen molar-refractivity contribution in [3.63, 3.8) is 0 Å². The van der Waals surface area contributed by atoms with Crippen molar-refractivity contribution in [2.45, 2.75) is 6.54 Å². The van der Waals surface area contributed by atoms with E-state index in [-0.39, 0.29) is 0 Å². The Labute approximate surface area is 114 Å². The van der Waals surface area contributed by atoms with E-state index in [2.05, 4.69) is 20.3 Å². The first-order chi connectivity index (χ1) is 9.78. The zero-order valence-corrected chi connectivity index (χ0v) is 10.6. The molecule has 0 aliphatic rings. The van der Waals surface area contributed by atoms with E-state index in [1.165, 1.54) is 0 Å². The van der Waals surface area contributed by atoms with Gasteiger partial charge in [-0.1, -0.05) is 18.2 Å². The van der Waals surface area contributed by atoms with Crippen LogP contribution >= 0.6 is 0 Å². The summed E-state index contributed by atoms with van der Waals surface area (Å²) in [5.74, 6) is 0.564. The van der Waals surface area contributed by atoms with Crippen LogP contribution in [-0.4, -0.2) is 15.0 Å². The van der Waals surface area contributed by atoms with E-state index in [1.54, 1.807) is 12.3 Å². The van der Waals surface area contributed by atoms with Crippen molar-refractivity contribution in [2.75, 3.05) is 5.32 Å². The fraction of sp³-hybridized carbons (Fsp3) is 0.0714. The smallest absolute Gasteiger partial charge is 0.341 e. The highest BCUT2D eigenvalue weighted by atomic mass is 16.1. The molecule has 20 heavy (non-hydrogen) atoms. The molecule has 100 valence electrons. The van der Waals surface area contributed by atoms with Crippen molar-refractivity contribution in [1.29, 1.82) is 0 Å². The summed E-state index contributed by atoms with van der Waals surface area (Å²) in [4.78, 5) is 22.2. The minimum absolute atomic E-state index is 0.406. The Balaban J connectivity index is 2.13. The van der Waals surface area contributed by atoms with Gasteiger partial charge in [0.05, 0.1) is 5.39 Å². The van der Waals surface area contributed by atoms with Gasteiger partial charge in [0.25, 0.3) is 0 Å². The molecule has 2 aromatic heterocycles. The molecule has 0 unspecified atom stereocenters. The number of nitrogens with two attached hydrogens (primary N) is 1. The number of nitrogens with one attached hydrogen (secondary N) is 2. The van der Waals surface area contributed by atoms with E-state index in [1.807, 2.05) is 30.3 Å². The number of pyridine rings is 1. The monoisotopic (exact) mass is 267 g/mol. The summed E-state index contributed by atoms with van der Waals surface area (Å²) in [7, 11) is 0. The molecule has 0 bridgehead atoms. The summed E-state index contributed by atoms with van der Waals surface area (Å²) >= 11 is 0. The SMILES string of the molecule is NCc1ccccc1Nc1[nH]c(=O)nc2ncccc12. The van der Waals surface area contributed by atoms with Crippen molar-refractivity contribution in [2.24, 2.45) is 5.73 Å². The van der Waals surface area contributed by atoms with Crippen LogP contribution in [0.3, 0.4) is 0 Å². The average molecular weight is 267 g/mol. The summed E-state index contributed by atoms with van der Waals surface area (Å²) in [5, 5.41) is 3.94. The quantitative estimate of drug-likeness (QED) is 0.668. The lowest BCUT2D eigenvalue weighted by Crippen LogP contribution is -2.14. The van der Waals surface area contributed by atoms with Crippen LogP contribution in [0.1, 0.15) is 5.56 Å². The van der Waals surface area contributed by atoms with Crippen LogP contribution in [0.5, 0.6) is 0 Å². The highest BCUT2D eigenvalue weighted by molar-refractivity contribution is 5.88. The molecule has 0 spiro atoms. The third kappa shape index (κ3) is 2.24. The summed E-state index contributed by atoms with van der Waals surface area (Å²) in [6.07, 6.45) is 1.60. The van der Waals surface area contributed by atoms with Crippen molar-refractivity contribution < 1.29 is 0 Å². The predicted octanol–water partition coefficient (Wildman–Crippen LogP) is 1.52. The van der Waals surface area contributed by atoms with Crippen LogP contribution in [0.2, 0.25) is 0 Å². The first-order valence-electron chi connectivity index (χ1n) is 6.18. The molecule has 6 heteroatoms. The van der Waals surface area contributed by atoms with E-state index >= 15 is 0 Å². The van der Waals surface area contributed by atoms with E-state index in [9.17, 15) is 4.79 Å². The predicted molar refractivity (Wildman–Crippen MR) is 77.8 cm³/mol. The molecular weight excluding hydrogens is 254 g/mol. The van der Waals surface area contributed by atoms with Gasteiger partial charge in [0.2, 0.25) is 0 Å². The van der Waals surface area contributed by atoms with Crippen LogP contribution < -0.4 is 16.7 Å². The molecule has 0 aliphatic heterocycles. The van der Waals surface area contributed by atoms with E-state index in [0.29, 0.717) is 18.0 Å². The van der Waals surface area contributed by atoms with Gasteiger partial charge in [-0.3, -0.25) is 4.98 Å². The third-order valence-corrected chi connectivity index (χ3v) is 2.99. The fourth-order valence-corrected chi connectivity index (χ4v) is 2.03. The molecule has 2 heterocycles. The van der Waals surface area contributed by atoms with Crippen LogP contribution in [0.15, 0.2) is 47.4 Å². The standard InChI is InChI=1S/C14H13N5O/c15-8-9-4-1-2-6-11(9)17-13-10-5-3-7-16-12(10)18-14(20)19-13/h1-7H,8,15H2,(H2,16,17,18,19,20). The summed E-state index contributed by atoms with van der Waals surface area (Å²) in [5.41, 5.74) is 7.49. The number of para-hydroxylation sites is 1. The lowest BCUT2D eigenvalue weighted by Gasteiger charge is -2.11. The van der Waals surface area contributed by atoms with E-state index in [4.69, 9.17) is 5.73 Å². The molecular formula is C14H13N5O. The number of nitrogens with zero attached hydrogens (tertiary/aromatic N) is 2. The molecule has 4 N–H and O–H groups in total. The van der Waals surface area contributed by atoms with Crippen molar-refractivity contribution in [3.05, 3.63) is 58.6 Å². The van der Waals surface area contributed by atoms with Gasteiger partial charge in [-0.15, -0.1) is 0 Å². The van der Waals surface area contributed by atoms with E-state index in [0.717, 1.165) is 16.6 Å². The first kappa shape index (κ1) is 12.3. The molecule has 3 rings (SSSR count). The average Bonchev–Trinajstić information content (AvgIpc) is 2.47. The minimum atomic E-state index is -0.441. The number of hydrogen-bond donors (Lipinski definition) is 3. The van der Waals surface area contributed by atoms with Gasteiger partial charge in [0.1, 0.15) is 5.82 Å². The molecule has 0 atom stereocenters. The zero-order valence-electron chi connectivity index (χ0n) is 10.6. The van der Waals surface area contributed by atoms with Gasteiger partial charge in [-0.05, 0) is 23.8 Å². The number of hydrogen-bond acceptors (Lipinski definition) is 5. The molecule has 0 saturated heterocycles. The second-order valence-electron chi connectivity index (χ2n) is 4.28. The molecule has 0 aliphatic carbocycles. The Morgan fingerprint density at radius 3 is 2.90 bits per heavy atom. The van der Waals surface area contributed by atoms with Gasteiger partial charge < -0.3 is 11.1 Å². The third-order valence-electron chi connectivity index (χ3n) is 2.99. The van der Waals surface area contributed by atoms with Crippen LogP contribution in [-0.2, 0) is 6.54 Å². The highest BCUT2D eigenvalue weighted by Gasteiger charge is 2.07. The molecule has 6 nitrogen and oxygen atoms in total. The van der Waals surface area contributed by atoms with Gasteiger partial charge in [0.15, 0.2) is 5.65 Å². The molecule has 0 amide bonds. The largest absolute Gasteiger partial charge is 0.348 e. The van der Waals surface area contributed by atoms with Crippen LogP contribution in [0.25, 0.3) is 11.0 Å². The number of anilines is 2. The second kappa shape index (κ2) is 5.10. The van der Waals surface area contributed by atoms with Crippen molar-refractivity contribution in [3.8, 4) is 0 Å².